The number of primary amides is 1. The summed E-state index contributed by atoms with van der Waals surface area (Å²) in [4.78, 5) is 22.9. The highest BCUT2D eigenvalue weighted by atomic mass is 19.4. The fourth-order valence-corrected chi connectivity index (χ4v) is 2.31. The maximum absolute atomic E-state index is 12.4. The first-order chi connectivity index (χ1) is 10.3. The Bertz CT molecular complexity index is 551. The number of halogens is 3. The summed E-state index contributed by atoms with van der Waals surface area (Å²) < 4.78 is 37.3. The highest BCUT2D eigenvalue weighted by Gasteiger charge is 2.33. The first-order valence-corrected chi connectivity index (χ1v) is 6.99. The summed E-state index contributed by atoms with van der Waals surface area (Å²) in [6.45, 7) is 0. The number of hydrogen-bond acceptors (Lipinski definition) is 2. The maximum atomic E-state index is 12.4. The van der Waals surface area contributed by atoms with Crippen molar-refractivity contribution in [1.29, 1.82) is 0 Å². The Morgan fingerprint density at radius 2 is 1.82 bits per heavy atom. The normalized spacial score (nSPS) is 16.1. The summed E-state index contributed by atoms with van der Waals surface area (Å²) in [5, 5.41) is 2.74. The molecule has 0 bridgehead atoms. The van der Waals surface area contributed by atoms with Crippen LogP contribution in [0.4, 0.5) is 13.2 Å². The fraction of sp³-hybridized carbons (Fsp3) is 0.467. The number of alkyl halides is 3. The summed E-state index contributed by atoms with van der Waals surface area (Å²) in [5.41, 5.74) is 4.88. The largest absolute Gasteiger partial charge is 0.416 e. The number of carbonyl (C=O) groups is 2. The summed E-state index contributed by atoms with van der Waals surface area (Å²) >= 11 is 0. The van der Waals surface area contributed by atoms with Gasteiger partial charge in [-0.2, -0.15) is 13.2 Å². The Morgan fingerprint density at radius 3 is 2.27 bits per heavy atom. The lowest BCUT2D eigenvalue weighted by Crippen LogP contribution is -2.40. The number of carbonyl (C=O) groups excluding carboxylic acids is 2. The van der Waals surface area contributed by atoms with Crippen LogP contribution in [0.25, 0.3) is 0 Å². The monoisotopic (exact) mass is 314 g/mol. The van der Waals surface area contributed by atoms with Crippen molar-refractivity contribution in [3.05, 3.63) is 35.4 Å². The average Bonchev–Trinajstić information content (AvgIpc) is 3.21. The molecule has 1 saturated carbocycles. The van der Waals surface area contributed by atoms with Crippen LogP contribution in [0, 0.1) is 5.92 Å². The molecule has 2 rings (SSSR count). The molecule has 0 aromatic heterocycles. The van der Waals surface area contributed by atoms with Gasteiger partial charge in [0.25, 0.3) is 0 Å². The van der Waals surface area contributed by atoms with Gasteiger partial charge in [-0.05, 0) is 36.5 Å². The number of benzene rings is 1. The highest BCUT2D eigenvalue weighted by molar-refractivity contribution is 5.80. The van der Waals surface area contributed by atoms with Gasteiger partial charge < -0.3 is 11.1 Å². The molecule has 120 valence electrons. The number of nitrogens with one attached hydrogen (secondary N) is 1. The number of nitrogens with two attached hydrogens (primary N) is 1. The maximum Gasteiger partial charge on any atom is 0.416 e. The second-order valence-electron chi connectivity index (χ2n) is 5.55. The van der Waals surface area contributed by atoms with Crippen molar-refractivity contribution in [2.75, 3.05) is 0 Å². The zero-order valence-corrected chi connectivity index (χ0v) is 11.8. The second kappa shape index (κ2) is 6.37. The van der Waals surface area contributed by atoms with Crippen LogP contribution in [-0.2, 0) is 22.2 Å². The molecule has 22 heavy (non-hydrogen) atoms. The van der Waals surface area contributed by atoms with Gasteiger partial charge in [-0.25, -0.2) is 0 Å². The predicted molar refractivity (Wildman–Crippen MR) is 73.6 cm³/mol. The first kappa shape index (κ1) is 16.3. The molecule has 1 aromatic carbocycles. The lowest BCUT2D eigenvalue weighted by atomic mass is 10.1. The summed E-state index contributed by atoms with van der Waals surface area (Å²) in [6, 6.07) is 4.18. The first-order valence-electron chi connectivity index (χ1n) is 6.99. The van der Waals surface area contributed by atoms with Gasteiger partial charge in [0.15, 0.2) is 0 Å². The van der Waals surface area contributed by atoms with Crippen LogP contribution in [0.5, 0.6) is 0 Å². The lowest BCUT2D eigenvalue weighted by Gasteiger charge is -2.16. The Balaban J connectivity index is 1.92. The van der Waals surface area contributed by atoms with Crippen LogP contribution in [0.15, 0.2) is 24.3 Å². The molecule has 4 nitrogen and oxygen atoms in total. The highest BCUT2D eigenvalue weighted by Crippen LogP contribution is 2.34. The molecule has 0 saturated heterocycles. The third-order valence-corrected chi connectivity index (χ3v) is 3.60. The zero-order chi connectivity index (χ0) is 16.3. The smallest absolute Gasteiger partial charge is 0.370 e. The van der Waals surface area contributed by atoms with Gasteiger partial charge in [-0.1, -0.05) is 12.1 Å². The van der Waals surface area contributed by atoms with E-state index in [0.717, 1.165) is 25.0 Å². The van der Waals surface area contributed by atoms with E-state index in [0.29, 0.717) is 5.56 Å². The molecule has 0 radical (unpaired) electrons. The van der Waals surface area contributed by atoms with E-state index in [1.165, 1.54) is 12.1 Å². The van der Waals surface area contributed by atoms with E-state index in [1.54, 1.807) is 0 Å². The van der Waals surface area contributed by atoms with E-state index >= 15 is 0 Å². The molecule has 1 aliphatic carbocycles. The van der Waals surface area contributed by atoms with Gasteiger partial charge in [0.05, 0.1) is 12.0 Å². The molecule has 0 spiro atoms. The third-order valence-electron chi connectivity index (χ3n) is 3.60. The van der Waals surface area contributed by atoms with Crippen LogP contribution in [-0.4, -0.2) is 17.9 Å². The zero-order valence-electron chi connectivity index (χ0n) is 11.8. The standard InChI is InChI=1S/C15H17F3N2O2/c16-15(17,18)11-5-1-9(2-6-11)7-14(22)20-12(8-13(19)21)10-3-4-10/h1-2,5-6,10,12H,3-4,7-8H2,(H2,19,21)(H,20,22). The fourth-order valence-electron chi connectivity index (χ4n) is 2.31. The van der Waals surface area contributed by atoms with Crippen LogP contribution in [0.3, 0.4) is 0 Å². The molecule has 1 unspecified atom stereocenters. The number of rotatable bonds is 6. The molecule has 0 heterocycles. The molecule has 1 atom stereocenters. The molecule has 7 heteroatoms. The summed E-state index contributed by atoms with van der Waals surface area (Å²) in [7, 11) is 0. The van der Waals surface area contributed by atoms with Gasteiger partial charge in [0.2, 0.25) is 11.8 Å². The molecule has 1 fully saturated rings. The predicted octanol–water partition coefficient (Wildman–Crippen LogP) is 2.02. The van der Waals surface area contributed by atoms with E-state index in [4.69, 9.17) is 5.73 Å². The van der Waals surface area contributed by atoms with Gasteiger partial charge in [-0.15, -0.1) is 0 Å². The molecular weight excluding hydrogens is 297 g/mol. The van der Waals surface area contributed by atoms with Gasteiger partial charge >= 0.3 is 6.18 Å². The van der Waals surface area contributed by atoms with E-state index < -0.39 is 17.6 Å². The molecule has 1 aromatic rings. The van der Waals surface area contributed by atoms with Crippen molar-refractivity contribution in [3.8, 4) is 0 Å². The summed E-state index contributed by atoms with van der Waals surface area (Å²) in [5.74, 6) is -0.534. The van der Waals surface area contributed by atoms with Crippen molar-refractivity contribution in [2.45, 2.75) is 37.9 Å². The average molecular weight is 314 g/mol. The molecule has 3 N–H and O–H groups in total. The van der Waals surface area contributed by atoms with Crippen molar-refractivity contribution in [2.24, 2.45) is 11.7 Å². The van der Waals surface area contributed by atoms with Gasteiger partial charge in [0.1, 0.15) is 0 Å². The van der Waals surface area contributed by atoms with Crippen molar-refractivity contribution in [1.82, 2.24) is 5.32 Å². The molecule has 1 aliphatic rings. The Hall–Kier alpha value is -2.05. The Morgan fingerprint density at radius 1 is 1.23 bits per heavy atom. The minimum absolute atomic E-state index is 0.0277. The summed E-state index contributed by atoms with van der Waals surface area (Å²) in [6.07, 6.45) is -2.44. The van der Waals surface area contributed by atoms with E-state index in [2.05, 4.69) is 5.32 Å². The van der Waals surface area contributed by atoms with Crippen molar-refractivity contribution >= 4 is 11.8 Å². The van der Waals surface area contributed by atoms with Gasteiger partial charge in [0, 0.05) is 12.5 Å². The van der Waals surface area contributed by atoms with Gasteiger partial charge in [-0.3, -0.25) is 9.59 Å². The van der Waals surface area contributed by atoms with Crippen molar-refractivity contribution < 1.29 is 22.8 Å². The van der Waals surface area contributed by atoms with E-state index in [9.17, 15) is 22.8 Å². The molecule has 0 aliphatic heterocycles. The quantitative estimate of drug-likeness (QED) is 0.843. The molecule has 2 amide bonds. The topological polar surface area (TPSA) is 72.2 Å². The van der Waals surface area contributed by atoms with Crippen molar-refractivity contribution in [3.63, 3.8) is 0 Å². The minimum atomic E-state index is -4.39. The third kappa shape index (κ3) is 4.75. The Labute approximate surface area is 125 Å². The SMILES string of the molecule is NC(=O)CC(NC(=O)Cc1ccc(C(F)(F)F)cc1)C1CC1. The Kier molecular flexibility index (Phi) is 4.73. The number of amides is 2. The van der Waals surface area contributed by atoms with Crippen LogP contribution >= 0.6 is 0 Å². The second-order valence-corrected chi connectivity index (χ2v) is 5.55. The van der Waals surface area contributed by atoms with Crippen LogP contribution < -0.4 is 11.1 Å². The van der Waals surface area contributed by atoms with E-state index in [1.807, 2.05) is 0 Å². The number of hydrogen-bond donors (Lipinski definition) is 2. The van der Waals surface area contributed by atoms with E-state index in [-0.39, 0.29) is 30.7 Å². The lowest BCUT2D eigenvalue weighted by molar-refractivity contribution is -0.137. The van der Waals surface area contributed by atoms with Crippen LogP contribution in [0.1, 0.15) is 30.4 Å². The molecular formula is C15H17F3N2O2. The van der Waals surface area contributed by atoms with Crippen LogP contribution in [0.2, 0.25) is 0 Å². The minimum Gasteiger partial charge on any atom is -0.370 e.